The first-order chi connectivity index (χ1) is 8.65. The van der Waals surface area contributed by atoms with Crippen LogP contribution in [0.3, 0.4) is 0 Å². The first kappa shape index (κ1) is 14.5. The van der Waals surface area contributed by atoms with Crippen molar-refractivity contribution in [3.63, 3.8) is 0 Å². The van der Waals surface area contributed by atoms with Gasteiger partial charge in [0.15, 0.2) is 11.6 Å². The third kappa shape index (κ3) is 4.75. The van der Waals surface area contributed by atoms with Gasteiger partial charge in [-0.15, -0.1) is 0 Å². The smallest absolute Gasteiger partial charge is 0.203 e. The summed E-state index contributed by atoms with van der Waals surface area (Å²) in [6, 6.07) is 0. The molecule has 0 saturated heterocycles. The van der Waals surface area contributed by atoms with Crippen molar-refractivity contribution in [2.75, 3.05) is 37.9 Å². The van der Waals surface area contributed by atoms with E-state index in [4.69, 9.17) is 15.2 Å². The number of hydrogen-bond donors (Lipinski definition) is 2. The summed E-state index contributed by atoms with van der Waals surface area (Å²) in [5.74, 6) is 2.01. The number of nitrogens with zero attached hydrogens (tertiary/aromatic N) is 2. The number of nitrogens with one attached hydrogen (secondary N) is 1. The van der Waals surface area contributed by atoms with Crippen LogP contribution in [-0.2, 0) is 4.74 Å². The number of rotatable bonds is 8. The molecule has 102 valence electrons. The van der Waals surface area contributed by atoms with Crippen molar-refractivity contribution in [1.82, 2.24) is 9.97 Å². The van der Waals surface area contributed by atoms with Crippen LogP contribution in [0.1, 0.15) is 20.3 Å². The number of ether oxygens (including phenoxy) is 2. The van der Waals surface area contributed by atoms with E-state index >= 15 is 0 Å². The maximum absolute atomic E-state index is 5.68. The van der Waals surface area contributed by atoms with E-state index in [1.54, 1.807) is 7.11 Å². The summed E-state index contributed by atoms with van der Waals surface area (Å²) >= 11 is 0. The van der Waals surface area contributed by atoms with Gasteiger partial charge < -0.3 is 20.5 Å². The highest BCUT2D eigenvalue weighted by molar-refractivity contribution is 5.61. The molecule has 0 bridgehead atoms. The van der Waals surface area contributed by atoms with Gasteiger partial charge in [0, 0.05) is 19.8 Å². The van der Waals surface area contributed by atoms with E-state index in [0.29, 0.717) is 23.3 Å². The van der Waals surface area contributed by atoms with E-state index in [2.05, 4.69) is 29.1 Å². The molecule has 0 fully saturated rings. The van der Waals surface area contributed by atoms with Crippen LogP contribution in [0.2, 0.25) is 0 Å². The first-order valence-electron chi connectivity index (χ1n) is 6.11. The SMILES string of the molecule is COc1c(N)ncnc1NCCCOCC(C)C. The number of anilines is 2. The van der Waals surface area contributed by atoms with Gasteiger partial charge in [0.2, 0.25) is 5.75 Å². The van der Waals surface area contributed by atoms with Gasteiger partial charge >= 0.3 is 0 Å². The van der Waals surface area contributed by atoms with Gasteiger partial charge in [0.1, 0.15) is 6.33 Å². The van der Waals surface area contributed by atoms with E-state index in [0.717, 1.165) is 26.2 Å². The molecule has 0 spiro atoms. The lowest BCUT2D eigenvalue weighted by Crippen LogP contribution is -2.11. The predicted molar refractivity (Wildman–Crippen MR) is 71.8 cm³/mol. The monoisotopic (exact) mass is 254 g/mol. The van der Waals surface area contributed by atoms with Gasteiger partial charge in [-0.3, -0.25) is 0 Å². The molecule has 1 aromatic rings. The maximum atomic E-state index is 5.68. The third-order valence-electron chi connectivity index (χ3n) is 2.24. The summed E-state index contributed by atoms with van der Waals surface area (Å²) in [5, 5.41) is 3.16. The summed E-state index contributed by atoms with van der Waals surface area (Å²) in [6.07, 6.45) is 2.31. The molecule has 0 aliphatic carbocycles. The lowest BCUT2D eigenvalue weighted by molar-refractivity contribution is 0.110. The second kappa shape index (κ2) is 7.71. The molecule has 0 radical (unpaired) electrons. The molecule has 0 atom stereocenters. The molecule has 0 amide bonds. The Bertz CT molecular complexity index is 358. The minimum atomic E-state index is 0.339. The largest absolute Gasteiger partial charge is 0.490 e. The Morgan fingerprint density at radius 2 is 2.17 bits per heavy atom. The molecule has 1 rings (SSSR count). The Morgan fingerprint density at radius 3 is 2.83 bits per heavy atom. The van der Waals surface area contributed by atoms with Crippen molar-refractivity contribution in [2.45, 2.75) is 20.3 Å². The Morgan fingerprint density at radius 1 is 1.39 bits per heavy atom. The zero-order valence-corrected chi connectivity index (χ0v) is 11.3. The topological polar surface area (TPSA) is 82.3 Å². The molecule has 1 aromatic heterocycles. The van der Waals surface area contributed by atoms with Crippen LogP contribution in [-0.4, -0.2) is 36.8 Å². The molecule has 0 aliphatic rings. The molecule has 0 aromatic carbocycles. The van der Waals surface area contributed by atoms with Crippen LogP contribution in [0.25, 0.3) is 0 Å². The fraction of sp³-hybridized carbons (Fsp3) is 0.667. The quantitative estimate of drug-likeness (QED) is 0.685. The standard InChI is InChI=1S/C12H22N4O2/c1-9(2)7-18-6-4-5-14-12-10(17-3)11(13)15-8-16-12/h8-9H,4-7H2,1-3H3,(H3,13,14,15,16). The van der Waals surface area contributed by atoms with E-state index in [1.807, 2.05) is 0 Å². The van der Waals surface area contributed by atoms with Crippen LogP contribution >= 0.6 is 0 Å². The number of methoxy groups -OCH3 is 1. The van der Waals surface area contributed by atoms with Gasteiger partial charge in [0.25, 0.3) is 0 Å². The third-order valence-corrected chi connectivity index (χ3v) is 2.24. The van der Waals surface area contributed by atoms with E-state index in [-0.39, 0.29) is 0 Å². The second-order valence-corrected chi connectivity index (χ2v) is 4.39. The van der Waals surface area contributed by atoms with Gasteiger partial charge in [-0.25, -0.2) is 9.97 Å². The molecular formula is C12H22N4O2. The normalized spacial score (nSPS) is 10.7. The average Bonchev–Trinajstić information content (AvgIpc) is 2.33. The number of hydrogen-bond acceptors (Lipinski definition) is 6. The molecule has 6 nitrogen and oxygen atoms in total. The first-order valence-corrected chi connectivity index (χ1v) is 6.11. The van der Waals surface area contributed by atoms with E-state index < -0.39 is 0 Å². The predicted octanol–water partition coefficient (Wildman–Crippen LogP) is 1.54. The van der Waals surface area contributed by atoms with Crippen LogP contribution in [0, 0.1) is 5.92 Å². The molecule has 1 heterocycles. The van der Waals surface area contributed by atoms with E-state index in [1.165, 1.54) is 6.33 Å². The lowest BCUT2D eigenvalue weighted by atomic mass is 10.2. The molecule has 3 N–H and O–H groups in total. The number of nitrogen functional groups attached to an aromatic ring is 1. The minimum Gasteiger partial charge on any atom is -0.490 e. The van der Waals surface area contributed by atoms with Crippen molar-refractivity contribution in [3.8, 4) is 5.75 Å². The van der Waals surface area contributed by atoms with Gasteiger partial charge in [-0.2, -0.15) is 0 Å². The summed E-state index contributed by atoms with van der Waals surface area (Å²) < 4.78 is 10.6. The molecule has 18 heavy (non-hydrogen) atoms. The molecule has 0 saturated carbocycles. The Kier molecular flexibility index (Phi) is 6.21. The fourth-order valence-corrected chi connectivity index (χ4v) is 1.41. The van der Waals surface area contributed by atoms with Crippen LogP contribution in [0.4, 0.5) is 11.6 Å². The lowest BCUT2D eigenvalue weighted by Gasteiger charge is -2.11. The maximum Gasteiger partial charge on any atom is 0.203 e. The van der Waals surface area contributed by atoms with Crippen LogP contribution in [0.5, 0.6) is 5.75 Å². The highest BCUT2D eigenvalue weighted by Crippen LogP contribution is 2.25. The molecule has 0 unspecified atom stereocenters. The van der Waals surface area contributed by atoms with Gasteiger partial charge in [-0.1, -0.05) is 13.8 Å². The summed E-state index contributed by atoms with van der Waals surface area (Å²) in [4.78, 5) is 7.95. The molecule has 0 aliphatic heterocycles. The molecular weight excluding hydrogens is 232 g/mol. The zero-order valence-electron chi connectivity index (χ0n) is 11.3. The zero-order chi connectivity index (χ0) is 13.4. The van der Waals surface area contributed by atoms with Crippen LogP contribution < -0.4 is 15.8 Å². The average molecular weight is 254 g/mol. The van der Waals surface area contributed by atoms with Crippen molar-refractivity contribution < 1.29 is 9.47 Å². The Balaban J connectivity index is 2.29. The Hall–Kier alpha value is -1.56. The summed E-state index contributed by atoms with van der Waals surface area (Å²) in [7, 11) is 1.55. The minimum absolute atomic E-state index is 0.339. The van der Waals surface area contributed by atoms with Crippen molar-refractivity contribution in [3.05, 3.63) is 6.33 Å². The van der Waals surface area contributed by atoms with Crippen molar-refractivity contribution >= 4 is 11.6 Å². The summed E-state index contributed by atoms with van der Waals surface area (Å²) in [6.45, 7) is 6.54. The van der Waals surface area contributed by atoms with Crippen molar-refractivity contribution in [2.24, 2.45) is 5.92 Å². The van der Waals surface area contributed by atoms with Crippen molar-refractivity contribution in [1.29, 1.82) is 0 Å². The van der Waals surface area contributed by atoms with E-state index in [9.17, 15) is 0 Å². The number of nitrogens with two attached hydrogens (primary N) is 1. The fourth-order valence-electron chi connectivity index (χ4n) is 1.41. The summed E-state index contributed by atoms with van der Waals surface area (Å²) in [5.41, 5.74) is 5.68. The van der Waals surface area contributed by atoms with Crippen LogP contribution in [0.15, 0.2) is 6.33 Å². The highest BCUT2D eigenvalue weighted by Gasteiger charge is 2.08. The second-order valence-electron chi connectivity index (χ2n) is 4.39. The molecule has 6 heteroatoms. The van der Waals surface area contributed by atoms with Gasteiger partial charge in [0.05, 0.1) is 7.11 Å². The highest BCUT2D eigenvalue weighted by atomic mass is 16.5. The number of aromatic nitrogens is 2. The Labute approximate surface area is 108 Å². The van der Waals surface area contributed by atoms with Gasteiger partial charge in [-0.05, 0) is 12.3 Å².